The average Bonchev–Trinajstić information content (AvgIpc) is 3.39. The number of rotatable bonds is 8. The van der Waals surface area contributed by atoms with Gasteiger partial charge in [-0.1, -0.05) is 61.0 Å². The van der Waals surface area contributed by atoms with Gasteiger partial charge in [-0.15, -0.1) is 0 Å². The fraction of sp³-hybridized carbons (Fsp3) is 0.278. The van der Waals surface area contributed by atoms with Crippen LogP contribution in [0.3, 0.4) is 0 Å². The van der Waals surface area contributed by atoms with Gasteiger partial charge in [0.2, 0.25) is 0 Å². The molecule has 0 saturated carbocycles. The molecule has 42 heavy (non-hydrogen) atoms. The van der Waals surface area contributed by atoms with Crippen LogP contribution < -0.4 is 5.56 Å². The first-order valence-corrected chi connectivity index (χ1v) is 15.1. The molecule has 0 aliphatic carbocycles. The molecule has 4 heterocycles. The Morgan fingerprint density at radius 1 is 0.833 bits per heavy atom. The number of H-pyrrole nitrogens is 1. The van der Waals surface area contributed by atoms with Crippen LogP contribution in [0, 0.1) is 0 Å². The monoisotopic (exact) mass is 553 g/mol. The standard InChI is InChI=1S/C36H35N5O/c42-36-34(22-25-8-3-1-4-9-25)38-32-23-30-29(10-7-21-41-19-5-2-6-20-41)35(39-31(30)24-33(32)40-36)28-13-11-26(12-14-28)27-15-17-37-18-16-27/h1,3-4,8-9,11-18,23-24,29H,2,5-7,10,19-22H2,(H,40,42). The fourth-order valence-corrected chi connectivity index (χ4v) is 6.45. The van der Waals surface area contributed by atoms with Crippen LogP contribution in [0.5, 0.6) is 0 Å². The lowest BCUT2D eigenvalue weighted by Crippen LogP contribution is -2.30. The van der Waals surface area contributed by atoms with Crippen LogP contribution in [0.1, 0.15) is 60.4 Å². The van der Waals surface area contributed by atoms with Crippen LogP contribution in [-0.2, 0) is 6.42 Å². The molecular weight excluding hydrogens is 518 g/mol. The van der Waals surface area contributed by atoms with E-state index in [4.69, 9.17) is 9.98 Å². The predicted molar refractivity (Wildman–Crippen MR) is 170 cm³/mol. The first-order chi connectivity index (χ1) is 20.7. The van der Waals surface area contributed by atoms with Gasteiger partial charge >= 0.3 is 0 Å². The van der Waals surface area contributed by atoms with E-state index in [2.05, 4.69) is 45.2 Å². The predicted octanol–water partition coefficient (Wildman–Crippen LogP) is 7.06. The van der Waals surface area contributed by atoms with E-state index >= 15 is 0 Å². The SMILES string of the molecule is O=c1[nH]c2cc3c(cc2nc1Cc1ccccc1)C(CCCN1CCCCC1)C(c1ccc(-c2ccncc2)cc1)=N3. The van der Waals surface area contributed by atoms with E-state index in [0.717, 1.165) is 64.1 Å². The second-order valence-corrected chi connectivity index (χ2v) is 11.5. The maximum atomic E-state index is 13.0. The van der Waals surface area contributed by atoms with Crippen molar-refractivity contribution >= 4 is 22.4 Å². The third kappa shape index (κ3) is 5.55. The molecule has 0 amide bonds. The molecule has 2 aliphatic heterocycles. The zero-order chi connectivity index (χ0) is 28.3. The molecule has 0 spiro atoms. The van der Waals surface area contributed by atoms with Crippen LogP contribution in [0.4, 0.5) is 5.69 Å². The topological polar surface area (TPSA) is 74.2 Å². The van der Waals surface area contributed by atoms with Crippen LogP contribution in [0.25, 0.3) is 22.2 Å². The van der Waals surface area contributed by atoms with E-state index in [-0.39, 0.29) is 11.5 Å². The van der Waals surface area contributed by atoms with Gasteiger partial charge in [-0.2, -0.15) is 0 Å². The summed E-state index contributed by atoms with van der Waals surface area (Å²) in [5.41, 5.74) is 9.74. The van der Waals surface area contributed by atoms with Crippen molar-refractivity contribution in [2.45, 2.75) is 44.4 Å². The molecule has 1 N–H and O–H groups in total. The maximum Gasteiger partial charge on any atom is 0.270 e. The number of pyridine rings is 1. The number of likely N-dealkylation sites (tertiary alicyclic amines) is 1. The highest BCUT2D eigenvalue weighted by Gasteiger charge is 2.29. The minimum Gasteiger partial charge on any atom is -0.319 e. The molecule has 1 atom stereocenters. The number of piperidine rings is 1. The minimum absolute atomic E-state index is 0.140. The molecule has 1 saturated heterocycles. The van der Waals surface area contributed by atoms with Crippen molar-refractivity contribution in [1.29, 1.82) is 0 Å². The Bertz CT molecular complexity index is 1770. The molecule has 1 fully saturated rings. The van der Waals surface area contributed by atoms with Crippen LogP contribution in [0.15, 0.2) is 101 Å². The molecule has 7 rings (SSSR count). The van der Waals surface area contributed by atoms with Crippen LogP contribution in [-0.4, -0.2) is 45.2 Å². The highest BCUT2D eigenvalue weighted by molar-refractivity contribution is 6.11. The lowest BCUT2D eigenvalue weighted by molar-refractivity contribution is 0.224. The van der Waals surface area contributed by atoms with Gasteiger partial charge < -0.3 is 9.88 Å². The van der Waals surface area contributed by atoms with Crippen molar-refractivity contribution in [2.75, 3.05) is 19.6 Å². The Morgan fingerprint density at radius 3 is 2.36 bits per heavy atom. The van der Waals surface area contributed by atoms with Gasteiger partial charge in [-0.25, -0.2) is 4.98 Å². The summed E-state index contributed by atoms with van der Waals surface area (Å²) >= 11 is 0. The van der Waals surface area contributed by atoms with E-state index in [1.807, 2.05) is 60.9 Å². The molecule has 3 aromatic carbocycles. The third-order valence-electron chi connectivity index (χ3n) is 8.68. The van der Waals surface area contributed by atoms with E-state index in [1.165, 1.54) is 37.9 Å². The summed E-state index contributed by atoms with van der Waals surface area (Å²) in [4.78, 5) is 32.9. The first-order valence-electron chi connectivity index (χ1n) is 15.1. The van der Waals surface area contributed by atoms with Gasteiger partial charge in [-0.05, 0) is 97.4 Å². The van der Waals surface area contributed by atoms with E-state index in [1.54, 1.807) is 0 Å². The van der Waals surface area contributed by atoms with Crippen molar-refractivity contribution in [3.63, 3.8) is 0 Å². The smallest absolute Gasteiger partial charge is 0.270 e. The summed E-state index contributed by atoms with van der Waals surface area (Å²) in [6, 6.07) is 27.0. The van der Waals surface area contributed by atoms with Crippen LogP contribution in [0.2, 0.25) is 0 Å². The zero-order valence-corrected chi connectivity index (χ0v) is 23.8. The number of hydrogen-bond donors (Lipinski definition) is 1. The summed E-state index contributed by atoms with van der Waals surface area (Å²) in [7, 11) is 0. The summed E-state index contributed by atoms with van der Waals surface area (Å²) in [5, 5.41) is 0. The average molecular weight is 554 g/mol. The van der Waals surface area contributed by atoms with Crippen LogP contribution >= 0.6 is 0 Å². The molecule has 5 aromatic rings. The molecular formula is C36H35N5O. The Hall–Kier alpha value is -4.42. The summed E-state index contributed by atoms with van der Waals surface area (Å²) in [5.74, 6) is 0.187. The second kappa shape index (κ2) is 11.8. The summed E-state index contributed by atoms with van der Waals surface area (Å²) < 4.78 is 0. The number of aromatic amines is 1. The Labute approximate surface area is 246 Å². The minimum atomic E-state index is -0.140. The lowest BCUT2D eigenvalue weighted by Gasteiger charge is -2.27. The molecule has 1 unspecified atom stereocenters. The molecule has 2 aliphatic rings. The molecule has 6 heteroatoms. The van der Waals surface area contributed by atoms with Crippen molar-refractivity contribution in [2.24, 2.45) is 4.99 Å². The quantitative estimate of drug-likeness (QED) is 0.223. The number of aliphatic imine (C=N–C) groups is 1. The molecule has 0 bridgehead atoms. The van der Waals surface area contributed by atoms with Crippen molar-refractivity contribution in [3.05, 3.63) is 124 Å². The number of hydrogen-bond acceptors (Lipinski definition) is 5. The fourth-order valence-electron chi connectivity index (χ4n) is 6.45. The van der Waals surface area contributed by atoms with Crippen molar-refractivity contribution < 1.29 is 0 Å². The Morgan fingerprint density at radius 2 is 1.57 bits per heavy atom. The number of benzene rings is 3. The first kappa shape index (κ1) is 26.5. The van der Waals surface area contributed by atoms with Gasteiger partial charge in [0.15, 0.2) is 0 Å². The Kier molecular flexibility index (Phi) is 7.45. The Balaban J connectivity index is 1.21. The highest BCUT2D eigenvalue weighted by atomic mass is 16.1. The molecule has 0 radical (unpaired) electrons. The lowest BCUT2D eigenvalue weighted by atomic mass is 9.87. The summed E-state index contributed by atoms with van der Waals surface area (Å²) in [6.07, 6.45) is 10.3. The van der Waals surface area contributed by atoms with Crippen molar-refractivity contribution in [1.82, 2.24) is 19.9 Å². The van der Waals surface area contributed by atoms with Gasteiger partial charge in [0.25, 0.3) is 5.56 Å². The normalized spacial score (nSPS) is 16.9. The third-order valence-corrected chi connectivity index (χ3v) is 8.68. The molecule has 2 aromatic heterocycles. The second-order valence-electron chi connectivity index (χ2n) is 11.5. The largest absolute Gasteiger partial charge is 0.319 e. The molecule has 210 valence electrons. The van der Waals surface area contributed by atoms with Gasteiger partial charge in [0, 0.05) is 24.7 Å². The highest BCUT2D eigenvalue weighted by Crippen LogP contribution is 2.42. The molecule has 6 nitrogen and oxygen atoms in total. The van der Waals surface area contributed by atoms with E-state index in [0.29, 0.717) is 12.1 Å². The number of nitrogens with one attached hydrogen (secondary N) is 1. The van der Waals surface area contributed by atoms with E-state index in [9.17, 15) is 4.79 Å². The number of aromatic nitrogens is 3. The van der Waals surface area contributed by atoms with Crippen molar-refractivity contribution in [3.8, 4) is 11.1 Å². The zero-order valence-electron chi connectivity index (χ0n) is 23.8. The number of fused-ring (bicyclic) bond motifs is 2. The van der Waals surface area contributed by atoms with E-state index < -0.39 is 0 Å². The van der Waals surface area contributed by atoms with Gasteiger partial charge in [0.05, 0.1) is 22.4 Å². The summed E-state index contributed by atoms with van der Waals surface area (Å²) in [6.45, 7) is 3.55. The van der Waals surface area contributed by atoms with Gasteiger partial charge in [-0.3, -0.25) is 14.8 Å². The maximum absolute atomic E-state index is 13.0. The van der Waals surface area contributed by atoms with Gasteiger partial charge in [0.1, 0.15) is 5.69 Å². The number of nitrogens with zero attached hydrogens (tertiary/aromatic N) is 4.